The Balaban J connectivity index is 2.59. The zero-order valence-electron chi connectivity index (χ0n) is 8.03. The highest BCUT2D eigenvalue weighted by molar-refractivity contribution is 5.65. The van der Waals surface area contributed by atoms with Gasteiger partial charge in [0.05, 0.1) is 0 Å². The van der Waals surface area contributed by atoms with E-state index in [0.29, 0.717) is 16.8 Å². The molecular formula is C10H10N2O3. The number of hydrogen-bond acceptors (Lipinski definition) is 3. The van der Waals surface area contributed by atoms with Gasteiger partial charge < -0.3 is 15.2 Å². The third-order valence-corrected chi connectivity index (χ3v) is 2.19. The summed E-state index contributed by atoms with van der Waals surface area (Å²) in [5, 5.41) is 18.7. The van der Waals surface area contributed by atoms with E-state index in [1.54, 1.807) is 19.1 Å². The van der Waals surface area contributed by atoms with Crippen molar-refractivity contribution in [2.24, 2.45) is 0 Å². The smallest absolute Gasteiger partial charge is 0.326 e. The Kier molecular flexibility index (Phi) is 2.00. The fraction of sp³-hybridized carbons (Fsp3) is 0.100. The summed E-state index contributed by atoms with van der Waals surface area (Å²) < 4.78 is 0. The van der Waals surface area contributed by atoms with Crippen molar-refractivity contribution in [3.63, 3.8) is 0 Å². The minimum atomic E-state index is -0.465. The molecule has 0 aliphatic heterocycles. The number of aromatic hydroxyl groups is 2. The van der Waals surface area contributed by atoms with Crippen LogP contribution in [0.25, 0.3) is 11.3 Å². The van der Waals surface area contributed by atoms with Crippen LogP contribution in [0.3, 0.4) is 0 Å². The quantitative estimate of drug-likeness (QED) is 0.563. The molecule has 0 saturated carbocycles. The zero-order chi connectivity index (χ0) is 11.0. The molecular weight excluding hydrogens is 196 g/mol. The molecule has 15 heavy (non-hydrogen) atoms. The number of nitrogens with one attached hydrogen (secondary N) is 2. The maximum absolute atomic E-state index is 10.9. The minimum Gasteiger partial charge on any atom is -0.508 e. The van der Waals surface area contributed by atoms with Crippen LogP contribution in [-0.4, -0.2) is 20.2 Å². The molecule has 4 N–H and O–H groups in total. The molecule has 0 bridgehead atoms. The van der Waals surface area contributed by atoms with Gasteiger partial charge in [-0.05, 0) is 30.7 Å². The molecule has 0 spiro atoms. The Hall–Kier alpha value is -2.17. The molecule has 1 aromatic heterocycles. The first-order chi connectivity index (χ1) is 7.08. The van der Waals surface area contributed by atoms with Gasteiger partial charge in [0, 0.05) is 5.56 Å². The van der Waals surface area contributed by atoms with Gasteiger partial charge in [0.25, 0.3) is 0 Å². The summed E-state index contributed by atoms with van der Waals surface area (Å²) in [5.74, 6) is -0.0267. The van der Waals surface area contributed by atoms with Crippen molar-refractivity contribution in [2.75, 3.05) is 0 Å². The van der Waals surface area contributed by atoms with Gasteiger partial charge in [-0.25, -0.2) is 4.79 Å². The molecule has 2 aromatic rings. The summed E-state index contributed by atoms with van der Waals surface area (Å²) in [6, 6.07) is 4.80. The van der Waals surface area contributed by atoms with E-state index in [4.69, 9.17) is 0 Å². The van der Waals surface area contributed by atoms with E-state index < -0.39 is 5.69 Å². The molecule has 2 rings (SSSR count). The summed E-state index contributed by atoms with van der Waals surface area (Å²) in [6.45, 7) is 1.74. The lowest BCUT2D eigenvalue weighted by molar-refractivity contribution is 0.457. The molecule has 0 saturated heterocycles. The predicted octanol–water partition coefficient (Wildman–Crippen LogP) is 1.09. The van der Waals surface area contributed by atoms with Gasteiger partial charge in [0.1, 0.15) is 11.4 Å². The lowest BCUT2D eigenvalue weighted by Gasteiger charge is -2.02. The maximum Gasteiger partial charge on any atom is 0.326 e. The second-order valence-corrected chi connectivity index (χ2v) is 3.30. The molecule has 5 heteroatoms. The second-order valence-electron chi connectivity index (χ2n) is 3.30. The highest BCUT2D eigenvalue weighted by Crippen LogP contribution is 2.27. The molecule has 0 radical (unpaired) electrons. The molecule has 0 amide bonds. The molecule has 0 aliphatic carbocycles. The summed E-state index contributed by atoms with van der Waals surface area (Å²) in [6.07, 6.45) is 0. The number of H-pyrrole nitrogens is 2. The summed E-state index contributed by atoms with van der Waals surface area (Å²) in [7, 11) is 0. The van der Waals surface area contributed by atoms with Crippen LogP contribution in [0.2, 0.25) is 0 Å². The van der Waals surface area contributed by atoms with E-state index in [0.717, 1.165) is 0 Å². The molecule has 0 unspecified atom stereocenters. The summed E-state index contributed by atoms with van der Waals surface area (Å²) >= 11 is 0. The van der Waals surface area contributed by atoms with E-state index in [1.807, 2.05) is 0 Å². The van der Waals surface area contributed by atoms with Gasteiger partial charge >= 0.3 is 5.69 Å². The Morgan fingerprint density at radius 3 is 2.47 bits per heavy atom. The van der Waals surface area contributed by atoms with Gasteiger partial charge in [0.15, 0.2) is 0 Å². The van der Waals surface area contributed by atoms with Crippen molar-refractivity contribution in [2.45, 2.75) is 6.92 Å². The average molecular weight is 206 g/mol. The zero-order valence-corrected chi connectivity index (χ0v) is 8.03. The molecule has 1 aromatic carbocycles. The fourth-order valence-electron chi connectivity index (χ4n) is 1.39. The Morgan fingerprint density at radius 1 is 1.20 bits per heavy atom. The number of aromatic nitrogens is 2. The molecule has 5 nitrogen and oxygen atoms in total. The lowest BCUT2D eigenvalue weighted by Crippen LogP contribution is -2.00. The van der Waals surface area contributed by atoms with E-state index >= 15 is 0 Å². The van der Waals surface area contributed by atoms with Crippen molar-refractivity contribution in [1.29, 1.82) is 0 Å². The number of imidazole rings is 1. The van der Waals surface area contributed by atoms with Crippen LogP contribution in [-0.2, 0) is 0 Å². The van der Waals surface area contributed by atoms with Crippen LogP contribution in [0.15, 0.2) is 23.0 Å². The average Bonchev–Trinajstić information content (AvgIpc) is 2.50. The van der Waals surface area contributed by atoms with Crippen molar-refractivity contribution in [3.05, 3.63) is 34.2 Å². The number of benzene rings is 1. The highest BCUT2D eigenvalue weighted by Gasteiger charge is 2.09. The van der Waals surface area contributed by atoms with Crippen LogP contribution < -0.4 is 5.69 Å². The van der Waals surface area contributed by atoms with E-state index in [2.05, 4.69) is 9.97 Å². The van der Waals surface area contributed by atoms with Crippen LogP contribution in [0.4, 0.5) is 0 Å². The van der Waals surface area contributed by atoms with Crippen molar-refractivity contribution < 1.29 is 10.2 Å². The number of phenols is 1. The largest absolute Gasteiger partial charge is 0.508 e. The third kappa shape index (κ3) is 1.59. The maximum atomic E-state index is 10.9. The molecule has 1 heterocycles. The summed E-state index contributed by atoms with van der Waals surface area (Å²) in [4.78, 5) is 15.6. The van der Waals surface area contributed by atoms with Crippen LogP contribution >= 0.6 is 0 Å². The van der Waals surface area contributed by atoms with E-state index in [9.17, 15) is 15.0 Å². The number of hydrogen-bond donors (Lipinski definition) is 4. The highest BCUT2D eigenvalue weighted by atomic mass is 16.3. The molecule has 0 atom stereocenters. The normalized spacial score (nSPS) is 10.5. The summed E-state index contributed by atoms with van der Waals surface area (Å²) in [5.41, 5.74) is 1.17. The monoisotopic (exact) mass is 206 g/mol. The molecule has 0 aliphatic rings. The molecule has 78 valence electrons. The SMILES string of the molecule is Cc1cc(-c2[nH]c(=O)[nH]c2O)ccc1O. The van der Waals surface area contributed by atoms with Crippen molar-refractivity contribution in [1.82, 2.24) is 9.97 Å². The lowest BCUT2D eigenvalue weighted by atomic mass is 10.1. The fourth-order valence-corrected chi connectivity index (χ4v) is 1.39. The Morgan fingerprint density at radius 2 is 1.93 bits per heavy atom. The molecule has 0 fully saturated rings. The minimum absolute atomic E-state index is 0.177. The van der Waals surface area contributed by atoms with E-state index in [-0.39, 0.29) is 11.6 Å². The predicted molar refractivity (Wildman–Crippen MR) is 54.9 cm³/mol. The van der Waals surface area contributed by atoms with Crippen molar-refractivity contribution in [3.8, 4) is 22.9 Å². The van der Waals surface area contributed by atoms with Gasteiger partial charge in [0.2, 0.25) is 5.88 Å². The van der Waals surface area contributed by atoms with Gasteiger partial charge in [-0.3, -0.25) is 4.98 Å². The van der Waals surface area contributed by atoms with Crippen LogP contribution in [0.5, 0.6) is 11.6 Å². The number of phenolic OH excluding ortho intramolecular Hbond substituents is 1. The second kappa shape index (κ2) is 3.20. The Labute approximate surface area is 85.0 Å². The standard InChI is InChI=1S/C10H10N2O3/c1-5-4-6(2-3-7(5)13)8-9(14)12-10(15)11-8/h2-4,13-14H,1H3,(H2,11,12,15). The van der Waals surface area contributed by atoms with E-state index in [1.165, 1.54) is 6.07 Å². The van der Waals surface area contributed by atoms with Gasteiger partial charge in [-0.2, -0.15) is 0 Å². The van der Waals surface area contributed by atoms with Crippen LogP contribution in [0.1, 0.15) is 5.56 Å². The topological polar surface area (TPSA) is 89.1 Å². The number of aromatic amines is 2. The van der Waals surface area contributed by atoms with Crippen molar-refractivity contribution >= 4 is 0 Å². The van der Waals surface area contributed by atoms with Gasteiger partial charge in [-0.1, -0.05) is 0 Å². The van der Waals surface area contributed by atoms with Gasteiger partial charge in [-0.15, -0.1) is 0 Å². The van der Waals surface area contributed by atoms with Crippen LogP contribution in [0, 0.1) is 6.92 Å². The number of rotatable bonds is 1. The first kappa shape index (κ1) is 9.39. The Bertz CT molecular complexity index is 554. The number of aryl methyl sites for hydroxylation is 1. The first-order valence-electron chi connectivity index (χ1n) is 4.39. The first-order valence-corrected chi connectivity index (χ1v) is 4.39. The third-order valence-electron chi connectivity index (χ3n) is 2.19.